The Bertz CT molecular complexity index is 716. The molecule has 8 heteroatoms. The van der Waals surface area contributed by atoms with Gasteiger partial charge in [-0.25, -0.2) is 4.98 Å². The standard InChI is InChI=1S/C16H19ClF3N3O/c17-14-10(16(18,19)20)5-6-12-15(14)23(9-22-12)8-2-3-11-13(24)4-1-7-21-11/h5-6,9,11,13,21,24H,1-4,7-8H2/t11-,13+/m1/s1. The molecule has 0 amide bonds. The summed E-state index contributed by atoms with van der Waals surface area (Å²) in [6, 6.07) is 2.34. The molecule has 0 spiro atoms. The molecule has 2 heterocycles. The molecule has 0 aliphatic carbocycles. The Morgan fingerprint density at radius 2 is 2.17 bits per heavy atom. The van der Waals surface area contributed by atoms with Crippen molar-refractivity contribution in [2.45, 2.75) is 50.6 Å². The number of fused-ring (bicyclic) bond motifs is 1. The van der Waals surface area contributed by atoms with Gasteiger partial charge < -0.3 is 15.0 Å². The number of nitrogens with one attached hydrogen (secondary N) is 1. The molecular weight excluding hydrogens is 343 g/mol. The van der Waals surface area contributed by atoms with Crippen LogP contribution in [-0.4, -0.2) is 33.3 Å². The molecule has 1 aromatic heterocycles. The maximum absolute atomic E-state index is 13.0. The highest BCUT2D eigenvalue weighted by Gasteiger charge is 2.34. The van der Waals surface area contributed by atoms with Crippen LogP contribution in [0, 0.1) is 0 Å². The van der Waals surface area contributed by atoms with Gasteiger partial charge in [0, 0.05) is 12.6 Å². The van der Waals surface area contributed by atoms with E-state index in [2.05, 4.69) is 10.3 Å². The molecule has 1 saturated heterocycles. The minimum atomic E-state index is -4.49. The Kier molecular flexibility index (Phi) is 5.03. The smallest absolute Gasteiger partial charge is 0.392 e. The molecule has 1 aliphatic rings. The maximum Gasteiger partial charge on any atom is 0.417 e. The Morgan fingerprint density at radius 1 is 1.38 bits per heavy atom. The quantitative estimate of drug-likeness (QED) is 0.874. The van der Waals surface area contributed by atoms with Crippen molar-refractivity contribution in [2.24, 2.45) is 0 Å². The number of aliphatic hydroxyl groups excluding tert-OH is 1. The van der Waals surface area contributed by atoms with Crippen LogP contribution < -0.4 is 5.32 Å². The van der Waals surface area contributed by atoms with E-state index in [9.17, 15) is 18.3 Å². The number of hydrogen-bond acceptors (Lipinski definition) is 3. The van der Waals surface area contributed by atoms with Crippen LogP contribution in [-0.2, 0) is 12.7 Å². The SMILES string of the molecule is O[C@H]1CCCN[C@@H]1CCCn1cnc2ccc(C(F)(F)F)c(Cl)c21. The van der Waals surface area contributed by atoms with Crippen LogP contribution >= 0.6 is 11.6 Å². The second kappa shape index (κ2) is 6.90. The van der Waals surface area contributed by atoms with Crippen LogP contribution in [0.3, 0.4) is 0 Å². The van der Waals surface area contributed by atoms with Gasteiger partial charge >= 0.3 is 6.18 Å². The molecule has 0 unspecified atom stereocenters. The fraction of sp³-hybridized carbons (Fsp3) is 0.562. The predicted octanol–water partition coefficient (Wildman–Crippen LogP) is 3.60. The van der Waals surface area contributed by atoms with Crippen LogP contribution in [0.5, 0.6) is 0 Å². The summed E-state index contributed by atoms with van der Waals surface area (Å²) < 4.78 is 40.7. The van der Waals surface area contributed by atoms with Gasteiger partial charge in [0.05, 0.1) is 34.1 Å². The van der Waals surface area contributed by atoms with Gasteiger partial charge in [0.1, 0.15) is 0 Å². The number of aliphatic hydroxyl groups is 1. The lowest BCUT2D eigenvalue weighted by Gasteiger charge is -2.29. The van der Waals surface area contributed by atoms with Crippen LogP contribution in [0.15, 0.2) is 18.5 Å². The zero-order chi connectivity index (χ0) is 17.3. The van der Waals surface area contributed by atoms with Gasteiger partial charge in [-0.15, -0.1) is 0 Å². The van der Waals surface area contributed by atoms with E-state index in [1.54, 1.807) is 4.57 Å². The number of hydrogen-bond donors (Lipinski definition) is 2. The Balaban J connectivity index is 1.75. The summed E-state index contributed by atoms with van der Waals surface area (Å²) in [5.74, 6) is 0. The number of halogens is 4. The Labute approximate surface area is 142 Å². The molecule has 24 heavy (non-hydrogen) atoms. The summed E-state index contributed by atoms with van der Waals surface area (Å²) >= 11 is 5.99. The topological polar surface area (TPSA) is 50.1 Å². The molecule has 0 saturated carbocycles. The normalized spacial score (nSPS) is 22.2. The van der Waals surface area contributed by atoms with E-state index in [-0.39, 0.29) is 17.2 Å². The van der Waals surface area contributed by atoms with E-state index in [4.69, 9.17) is 11.6 Å². The van der Waals surface area contributed by atoms with E-state index in [1.807, 2.05) is 0 Å². The highest BCUT2D eigenvalue weighted by molar-refractivity contribution is 6.35. The number of benzene rings is 1. The van der Waals surface area contributed by atoms with E-state index >= 15 is 0 Å². The molecular formula is C16H19ClF3N3O. The van der Waals surface area contributed by atoms with Gasteiger partial charge in [-0.3, -0.25) is 0 Å². The average molecular weight is 362 g/mol. The minimum absolute atomic E-state index is 0.0368. The van der Waals surface area contributed by atoms with Crippen molar-refractivity contribution in [3.05, 3.63) is 29.0 Å². The number of aryl methyl sites for hydroxylation is 1. The van der Waals surface area contributed by atoms with Gasteiger partial charge in [0.15, 0.2) is 0 Å². The van der Waals surface area contributed by atoms with E-state index in [1.165, 1.54) is 12.4 Å². The van der Waals surface area contributed by atoms with E-state index in [0.29, 0.717) is 24.0 Å². The van der Waals surface area contributed by atoms with Gasteiger partial charge in [0.25, 0.3) is 0 Å². The summed E-state index contributed by atoms with van der Waals surface area (Å²) in [6.07, 6.45) is -0.132. The van der Waals surface area contributed by atoms with Crippen molar-refractivity contribution in [2.75, 3.05) is 6.54 Å². The molecule has 132 valence electrons. The highest BCUT2D eigenvalue weighted by Crippen LogP contribution is 2.38. The van der Waals surface area contributed by atoms with Gasteiger partial charge in [-0.05, 0) is 44.4 Å². The number of alkyl halides is 3. The first-order chi connectivity index (χ1) is 11.4. The van der Waals surface area contributed by atoms with Crippen molar-refractivity contribution in [3.63, 3.8) is 0 Å². The summed E-state index contributed by atoms with van der Waals surface area (Å²) in [7, 11) is 0. The summed E-state index contributed by atoms with van der Waals surface area (Å²) in [5, 5.41) is 12.9. The first-order valence-electron chi connectivity index (χ1n) is 8.00. The Morgan fingerprint density at radius 3 is 2.88 bits per heavy atom. The van der Waals surface area contributed by atoms with Crippen molar-refractivity contribution in [3.8, 4) is 0 Å². The van der Waals surface area contributed by atoms with Crippen molar-refractivity contribution >= 4 is 22.6 Å². The van der Waals surface area contributed by atoms with Gasteiger partial charge in [-0.2, -0.15) is 13.2 Å². The number of nitrogens with zero attached hydrogens (tertiary/aromatic N) is 2. The molecule has 0 bridgehead atoms. The zero-order valence-electron chi connectivity index (χ0n) is 13.0. The van der Waals surface area contributed by atoms with Crippen LogP contribution in [0.1, 0.15) is 31.2 Å². The molecule has 1 fully saturated rings. The van der Waals surface area contributed by atoms with Crippen LogP contribution in [0.2, 0.25) is 5.02 Å². The molecule has 4 nitrogen and oxygen atoms in total. The zero-order valence-corrected chi connectivity index (χ0v) is 13.7. The van der Waals surface area contributed by atoms with Crippen LogP contribution in [0.25, 0.3) is 11.0 Å². The lowest BCUT2D eigenvalue weighted by Crippen LogP contribution is -2.44. The first kappa shape index (κ1) is 17.5. The monoisotopic (exact) mass is 361 g/mol. The average Bonchev–Trinajstić information content (AvgIpc) is 2.92. The molecule has 1 aliphatic heterocycles. The van der Waals surface area contributed by atoms with Crippen LogP contribution in [0.4, 0.5) is 13.2 Å². The van der Waals surface area contributed by atoms with Crippen molar-refractivity contribution in [1.82, 2.24) is 14.9 Å². The molecule has 1 aromatic carbocycles. The molecule has 2 N–H and O–H groups in total. The highest BCUT2D eigenvalue weighted by atomic mass is 35.5. The predicted molar refractivity (Wildman–Crippen MR) is 86.0 cm³/mol. The number of rotatable bonds is 4. The third-order valence-electron chi connectivity index (χ3n) is 4.49. The lowest BCUT2D eigenvalue weighted by molar-refractivity contribution is -0.137. The fourth-order valence-electron chi connectivity index (χ4n) is 3.22. The second-order valence-corrected chi connectivity index (χ2v) is 6.52. The third-order valence-corrected chi connectivity index (χ3v) is 4.87. The lowest BCUT2D eigenvalue weighted by atomic mass is 9.97. The summed E-state index contributed by atoms with van der Waals surface area (Å²) in [4.78, 5) is 4.13. The number of imidazole rings is 1. The number of piperidine rings is 1. The van der Waals surface area contributed by atoms with Crippen molar-refractivity contribution in [1.29, 1.82) is 0 Å². The molecule has 3 rings (SSSR count). The first-order valence-corrected chi connectivity index (χ1v) is 8.37. The van der Waals surface area contributed by atoms with E-state index < -0.39 is 11.7 Å². The second-order valence-electron chi connectivity index (χ2n) is 6.14. The summed E-state index contributed by atoms with van der Waals surface area (Å²) in [5.41, 5.74) is -0.0877. The summed E-state index contributed by atoms with van der Waals surface area (Å²) in [6.45, 7) is 1.39. The largest absolute Gasteiger partial charge is 0.417 e. The minimum Gasteiger partial charge on any atom is -0.392 e. The van der Waals surface area contributed by atoms with Crippen molar-refractivity contribution < 1.29 is 18.3 Å². The maximum atomic E-state index is 13.0. The third kappa shape index (κ3) is 3.53. The fourth-order valence-corrected chi connectivity index (χ4v) is 3.60. The van der Waals surface area contributed by atoms with Gasteiger partial charge in [-0.1, -0.05) is 11.6 Å². The molecule has 2 aromatic rings. The Hall–Kier alpha value is -1.31. The van der Waals surface area contributed by atoms with E-state index in [0.717, 1.165) is 31.9 Å². The number of aromatic nitrogens is 2. The molecule has 2 atom stereocenters. The van der Waals surface area contributed by atoms with Gasteiger partial charge in [0.2, 0.25) is 0 Å². The molecule has 0 radical (unpaired) electrons.